The average molecular weight is 328 g/mol. The summed E-state index contributed by atoms with van der Waals surface area (Å²) in [5.41, 5.74) is 3.08. The molecule has 0 aliphatic carbocycles. The topological polar surface area (TPSA) is 65.7 Å². The second-order valence-corrected chi connectivity index (χ2v) is 6.43. The molecule has 128 valence electrons. The predicted octanol–water partition coefficient (Wildman–Crippen LogP) is 4.02. The summed E-state index contributed by atoms with van der Waals surface area (Å²) in [6.07, 6.45) is 3.22. The quantitative estimate of drug-likeness (QED) is 0.891. The van der Waals surface area contributed by atoms with Gasteiger partial charge in [0.25, 0.3) is 0 Å². The highest BCUT2D eigenvalue weighted by Crippen LogP contribution is 2.28. The number of hydrogen-bond acceptors (Lipinski definition) is 3. The van der Waals surface area contributed by atoms with Gasteiger partial charge in [-0.15, -0.1) is 0 Å². The number of hydrogen-bond donors (Lipinski definition) is 2. The first-order valence-electron chi connectivity index (χ1n) is 8.41. The maximum Gasteiger partial charge on any atom is 0.322 e. The van der Waals surface area contributed by atoms with Gasteiger partial charge in [-0.05, 0) is 56.0 Å². The Hall–Kier alpha value is -2.27. The van der Waals surface area contributed by atoms with Gasteiger partial charge in [0.15, 0.2) is 0 Å². The molecule has 0 saturated carbocycles. The highest BCUT2D eigenvalue weighted by molar-refractivity contribution is 5.90. The van der Waals surface area contributed by atoms with Gasteiger partial charge >= 0.3 is 6.03 Å². The van der Waals surface area contributed by atoms with Crippen molar-refractivity contribution in [2.24, 2.45) is 0 Å². The molecule has 1 aromatic heterocycles. The molecule has 1 aromatic carbocycles. The number of aliphatic hydroxyl groups is 1. The molecule has 2 N–H and O–H groups in total. The van der Waals surface area contributed by atoms with Crippen molar-refractivity contribution >= 4 is 11.7 Å². The number of aryl methyl sites for hydroxylation is 1. The molecule has 2 aromatic rings. The highest BCUT2D eigenvalue weighted by Gasteiger charge is 2.31. The third-order valence-electron chi connectivity index (χ3n) is 4.85. The van der Waals surface area contributed by atoms with Crippen LogP contribution in [-0.2, 0) is 0 Å². The number of nitrogens with zero attached hydrogens (tertiary/aromatic N) is 1. The van der Waals surface area contributed by atoms with Gasteiger partial charge < -0.3 is 19.7 Å². The van der Waals surface area contributed by atoms with E-state index in [4.69, 9.17) is 4.42 Å². The van der Waals surface area contributed by atoms with Gasteiger partial charge in [-0.2, -0.15) is 0 Å². The van der Waals surface area contributed by atoms with Gasteiger partial charge in [-0.3, -0.25) is 0 Å². The van der Waals surface area contributed by atoms with Crippen LogP contribution in [0.25, 0.3) is 0 Å². The fourth-order valence-electron chi connectivity index (χ4n) is 3.28. The van der Waals surface area contributed by atoms with Crippen molar-refractivity contribution in [3.05, 3.63) is 53.5 Å². The Balaban J connectivity index is 1.66. The second kappa shape index (κ2) is 7.09. The fourth-order valence-corrected chi connectivity index (χ4v) is 3.28. The lowest BCUT2D eigenvalue weighted by atomic mass is 10.1. The monoisotopic (exact) mass is 328 g/mol. The summed E-state index contributed by atoms with van der Waals surface area (Å²) in [6, 6.07) is 9.35. The summed E-state index contributed by atoms with van der Waals surface area (Å²) < 4.78 is 5.26. The molecule has 2 amide bonds. The molecule has 5 heteroatoms. The zero-order chi connectivity index (χ0) is 17.1. The summed E-state index contributed by atoms with van der Waals surface area (Å²) >= 11 is 0. The molecule has 0 radical (unpaired) electrons. The number of nitrogens with one attached hydrogen (secondary N) is 1. The zero-order valence-electron chi connectivity index (χ0n) is 14.2. The number of anilines is 1. The molecule has 1 aliphatic heterocycles. The molecule has 2 atom stereocenters. The summed E-state index contributed by atoms with van der Waals surface area (Å²) in [7, 11) is 0. The molecule has 1 fully saturated rings. The second-order valence-electron chi connectivity index (χ2n) is 6.43. The fraction of sp³-hybridized carbons (Fsp3) is 0.421. The van der Waals surface area contributed by atoms with Crippen molar-refractivity contribution in [2.45, 2.75) is 45.3 Å². The van der Waals surface area contributed by atoms with Crippen molar-refractivity contribution in [2.75, 3.05) is 11.9 Å². The molecule has 2 heterocycles. The molecule has 1 saturated heterocycles. The number of benzene rings is 1. The number of likely N-dealkylation sites (tertiary alicyclic amines) is 1. The average Bonchev–Trinajstić information content (AvgIpc) is 3.23. The van der Waals surface area contributed by atoms with E-state index in [-0.39, 0.29) is 12.1 Å². The van der Waals surface area contributed by atoms with Crippen LogP contribution >= 0.6 is 0 Å². The Labute approximate surface area is 142 Å². The van der Waals surface area contributed by atoms with E-state index in [1.54, 1.807) is 18.4 Å². The molecule has 0 bridgehead atoms. The van der Waals surface area contributed by atoms with Crippen LogP contribution in [0, 0.1) is 13.8 Å². The summed E-state index contributed by atoms with van der Waals surface area (Å²) in [4.78, 5) is 14.5. The number of furan rings is 1. The van der Waals surface area contributed by atoms with Crippen molar-refractivity contribution < 1.29 is 14.3 Å². The Kier molecular flexibility index (Phi) is 4.90. The van der Waals surface area contributed by atoms with Crippen LogP contribution in [0.15, 0.2) is 41.0 Å². The van der Waals surface area contributed by atoms with Gasteiger partial charge in [0.2, 0.25) is 0 Å². The van der Waals surface area contributed by atoms with Gasteiger partial charge in [-0.25, -0.2) is 4.79 Å². The predicted molar refractivity (Wildman–Crippen MR) is 92.9 cm³/mol. The number of urea groups is 1. The van der Waals surface area contributed by atoms with Gasteiger partial charge in [0.1, 0.15) is 11.9 Å². The van der Waals surface area contributed by atoms with Crippen LogP contribution in [0.3, 0.4) is 0 Å². The van der Waals surface area contributed by atoms with Crippen LogP contribution in [0.1, 0.15) is 42.3 Å². The third-order valence-corrected chi connectivity index (χ3v) is 4.85. The molecule has 5 nitrogen and oxygen atoms in total. The van der Waals surface area contributed by atoms with E-state index in [9.17, 15) is 9.90 Å². The number of rotatable bonds is 4. The molecular formula is C19H24N2O3. The number of carbonyl (C=O) groups is 1. The van der Waals surface area contributed by atoms with Crippen LogP contribution in [0.4, 0.5) is 10.5 Å². The molecule has 2 unspecified atom stereocenters. The first kappa shape index (κ1) is 16.6. The Bertz CT molecular complexity index is 697. The standard InChI is InChI=1S/C19H24N2O3/c1-13-6-3-8-16(14(13)2)20-19(23)21-10-4-7-15(21)12-17(22)18-9-5-11-24-18/h3,5-6,8-9,11,15,17,22H,4,7,10,12H2,1-2H3,(H,20,23). The summed E-state index contributed by atoms with van der Waals surface area (Å²) in [6.45, 7) is 4.75. The molecule has 24 heavy (non-hydrogen) atoms. The maximum absolute atomic E-state index is 12.7. The van der Waals surface area contributed by atoms with Crippen LogP contribution in [0.5, 0.6) is 0 Å². The first-order valence-corrected chi connectivity index (χ1v) is 8.41. The van der Waals surface area contributed by atoms with Crippen molar-refractivity contribution in [3.8, 4) is 0 Å². The third kappa shape index (κ3) is 3.46. The highest BCUT2D eigenvalue weighted by atomic mass is 16.4. The molecule has 1 aliphatic rings. The first-order chi connectivity index (χ1) is 11.6. The van der Waals surface area contributed by atoms with E-state index in [1.807, 2.05) is 36.9 Å². The lowest BCUT2D eigenvalue weighted by Crippen LogP contribution is -2.39. The van der Waals surface area contributed by atoms with Gasteiger partial charge in [0.05, 0.1) is 6.26 Å². The molecule has 0 spiro atoms. The van der Waals surface area contributed by atoms with E-state index >= 15 is 0 Å². The zero-order valence-corrected chi connectivity index (χ0v) is 14.2. The van der Waals surface area contributed by atoms with Gasteiger partial charge in [0, 0.05) is 24.7 Å². The number of aliphatic hydroxyl groups excluding tert-OH is 1. The van der Waals surface area contributed by atoms with Crippen LogP contribution in [-0.4, -0.2) is 28.6 Å². The van der Waals surface area contributed by atoms with Crippen LogP contribution < -0.4 is 5.32 Å². The van der Waals surface area contributed by atoms with Crippen LogP contribution in [0.2, 0.25) is 0 Å². The lowest BCUT2D eigenvalue weighted by Gasteiger charge is -2.26. The molecular weight excluding hydrogens is 304 g/mol. The Morgan fingerprint density at radius 3 is 2.96 bits per heavy atom. The lowest BCUT2D eigenvalue weighted by molar-refractivity contribution is 0.110. The van der Waals surface area contributed by atoms with Crippen molar-refractivity contribution in [1.82, 2.24) is 4.90 Å². The minimum atomic E-state index is -0.681. The van der Waals surface area contributed by atoms with Crippen molar-refractivity contribution in [3.63, 3.8) is 0 Å². The minimum Gasteiger partial charge on any atom is -0.467 e. The van der Waals surface area contributed by atoms with Crippen molar-refractivity contribution in [1.29, 1.82) is 0 Å². The molecule has 3 rings (SSSR count). The normalized spacial score (nSPS) is 18.6. The van der Waals surface area contributed by atoms with Gasteiger partial charge in [-0.1, -0.05) is 12.1 Å². The summed E-state index contributed by atoms with van der Waals surface area (Å²) in [5, 5.41) is 13.3. The minimum absolute atomic E-state index is 0.0233. The van der Waals surface area contributed by atoms with E-state index in [2.05, 4.69) is 5.32 Å². The van der Waals surface area contributed by atoms with E-state index in [0.717, 1.165) is 29.7 Å². The number of amides is 2. The van der Waals surface area contributed by atoms with E-state index < -0.39 is 6.10 Å². The smallest absolute Gasteiger partial charge is 0.322 e. The largest absolute Gasteiger partial charge is 0.467 e. The number of carbonyl (C=O) groups excluding carboxylic acids is 1. The SMILES string of the molecule is Cc1cccc(NC(=O)N2CCCC2CC(O)c2ccco2)c1C. The maximum atomic E-state index is 12.7. The van der Waals surface area contributed by atoms with E-state index in [0.29, 0.717) is 18.7 Å². The Morgan fingerprint density at radius 1 is 1.38 bits per heavy atom. The Morgan fingerprint density at radius 2 is 2.21 bits per heavy atom. The summed E-state index contributed by atoms with van der Waals surface area (Å²) in [5.74, 6) is 0.553. The van der Waals surface area contributed by atoms with E-state index in [1.165, 1.54) is 0 Å².